The van der Waals surface area contributed by atoms with Crippen LogP contribution in [0.4, 0.5) is 10.5 Å². The number of carbonyl (C=O) groups excluding carboxylic acids is 13. The average molecular weight is 1180 g/mol. The molecule has 82 heavy (non-hydrogen) atoms. The van der Waals surface area contributed by atoms with Crippen molar-refractivity contribution in [3.05, 3.63) is 59.7 Å². The van der Waals surface area contributed by atoms with Crippen molar-refractivity contribution < 1.29 is 62.3 Å². The zero-order valence-corrected chi connectivity index (χ0v) is 47.5. The second-order valence-corrected chi connectivity index (χ2v) is 21.4. The van der Waals surface area contributed by atoms with Crippen LogP contribution in [-0.2, 0) is 70.5 Å². The predicted molar refractivity (Wildman–Crippen MR) is 302 cm³/mol. The number of fused-ring (bicyclic) bond motifs is 2. The number of hydrogen-bond donors (Lipinski definition) is 13. The maximum Gasteiger partial charge on any atom is 0.315 e. The van der Waals surface area contributed by atoms with Crippen LogP contribution in [0.1, 0.15) is 70.4 Å². The van der Waals surface area contributed by atoms with Crippen molar-refractivity contribution in [2.24, 2.45) is 5.92 Å². The van der Waals surface area contributed by atoms with Gasteiger partial charge in [-0.1, -0.05) is 50.6 Å². The number of thiol groups is 1. The highest BCUT2D eigenvalue weighted by Crippen LogP contribution is 2.30. The lowest BCUT2D eigenvalue weighted by molar-refractivity contribution is -0.139. The fourth-order valence-corrected chi connectivity index (χ4v) is 10.2. The van der Waals surface area contributed by atoms with Crippen molar-refractivity contribution in [2.75, 3.05) is 57.4 Å². The van der Waals surface area contributed by atoms with Crippen molar-refractivity contribution in [1.29, 1.82) is 0 Å². The molecule has 3 saturated heterocycles. The number of carbonyl (C=O) groups is 13. The van der Waals surface area contributed by atoms with Gasteiger partial charge in [-0.05, 0) is 61.3 Å². The van der Waals surface area contributed by atoms with Gasteiger partial charge in [0.2, 0.25) is 70.9 Å². The Balaban J connectivity index is 1.08. The smallest absolute Gasteiger partial charge is 0.315 e. The molecule has 4 heterocycles. The van der Waals surface area contributed by atoms with E-state index >= 15 is 0 Å². The number of aromatic nitrogens is 1. The van der Waals surface area contributed by atoms with Crippen LogP contribution < -0.4 is 58.5 Å². The summed E-state index contributed by atoms with van der Waals surface area (Å²) < 4.78 is 0. The molecule has 0 saturated carbocycles. The number of hydrogen-bond acceptors (Lipinski definition) is 15. The number of nitrogens with zero attached hydrogens (tertiary/aromatic N) is 2. The molecule has 442 valence electrons. The first-order valence-corrected chi connectivity index (χ1v) is 28.5. The fourth-order valence-electron chi connectivity index (χ4n) is 9.26. The van der Waals surface area contributed by atoms with Gasteiger partial charge in [0.15, 0.2) is 0 Å². The summed E-state index contributed by atoms with van der Waals surface area (Å²) in [5.74, 6) is -8.21. The Morgan fingerprint density at radius 2 is 1.46 bits per heavy atom. The largest absolute Gasteiger partial charge is 0.352 e. The Morgan fingerprint density at radius 3 is 2.17 bits per heavy atom. The number of H-pyrrole nitrogens is 1. The van der Waals surface area contributed by atoms with Gasteiger partial charge >= 0.3 is 6.03 Å². The summed E-state index contributed by atoms with van der Waals surface area (Å²) in [5, 5.41) is 29.2. The van der Waals surface area contributed by atoms with E-state index in [0.717, 1.165) is 26.4 Å². The lowest BCUT2D eigenvalue weighted by Crippen LogP contribution is -2.56. The number of thioether (sulfide) groups is 1. The molecule has 0 aliphatic carbocycles. The second kappa shape index (κ2) is 30.0. The summed E-state index contributed by atoms with van der Waals surface area (Å²) >= 11 is 5.46. The molecular weight excluding hydrogens is 1100 g/mol. The Hall–Kier alpha value is -8.21. The number of imide groups is 1. The highest BCUT2D eigenvalue weighted by Gasteiger charge is 2.38. The van der Waals surface area contributed by atoms with Crippen molar-refractivity contribution in [3.8, 4) is 0 Å². The highest BCUT2D eigenvalue weighted by molar-refractivity contribution is 7.98. The number of likely N-dealkylation sites (tertiary alicyclic amines) is 1. The lowest BCUT2D eigenvalue weighted by Gasteiger charge is -2.29. The molecule has 27 nitrogen and oxygen atoms in total. The minimum absolute atomic E-state index is 0.00779. The topological polar surface area (TPSA) is 377 Å². The Morgan fingerprint density at radius 1 is 0.768 bits per heavy atom. The second-order valence-electron chi connectivity index (χ2n) is 20.0. The van der Waals surface area contributed by atoms with Gasteiger partial charge in [-0.25, -0.2) is 4.79 Å². The fraction of sp³-hybridized carbons (Fsp3) is 0.491. The van der Waals surface area contributed by atoms with Crippen molar-refractivity contribution in [3.63, 3.8) is 0 Å². The Labute approximate surface area is 482 Å². The van der Waals surface area contributed by atoms with Gasteiger partial charge in [-0.15, -0.1) is 11.8 Å². The Bertz CT molecular complexity index is 2920. The molecule has 0 bridgehead atoms. The summed E-state index contributed by atoms with van der Waals surface area (Å²) in [6.45, 7) is 2.60. The van der Waals surface area contributed by atoms with E-state index in [-0.39, 0.29) is 45.4 Å². The van der Waals surface area contributed by atoms with E-state index in [1.807, 2.05) is 30.5 Å². The normalized spacial score (nSPS) is 21.6. The molecule has 2 aromatic carbocycles. The number of anilines is 1. The molecule has 12 N–H and O–H groups in total. The van der Waals surface area contributed by atoms with E-state index in [0.29, 0.717) is 30.5 Å². The number of benzene rings is 2. The first-order valence-electron chi connectivity index (χ1n) is 26.8. The lowest BCUT2D eigenvalue weighted by atomic mass is 9.98. The van der Waals surface area contributed by atoms with Gasteiger partial charge in [0.25, 0.3) is 0 Å². The van der Waals surface area contributed by atoms with Crippen LogP contribution in [0.3, 0.4) is 0 Å². The monoisotopic (exact) mass is 1170 g/mol. The molecule has 6 rings (SSSR count). The van der Waals surface area contributed by atoms with Gasteiger partial charge in [-0.2, -0.15) is 12.6 Å². The van der Waals surface area contributed by atoms with Gasteiger partial charge in [-0.3, -0.25) is 62.4 Å². The van der Waals surface area contributed by atoms with Crippen molar-refractivity contribution in [1.82, 2.24) is 68.0 Å². The predicted octanol–water partition coefficient (Wildman–Crippen LogP) is -1.82. The number of urea groups is 1. The molecule has 14 amide bonds. The van der Waals surface area contributed by atoms with Crippen LogP contribution in [-0.4, -0.2) is 179 Å². The van der Waals surface area contributed by atoms with E-state index in [2.05, 4.69) is 76.1 Å². The van der Waals surface area contributed by atoms with Gasteiger partial charge in [0.1, 0.15) is 24.2 Å². The first-order chi connectivity index (χ1) is 39.1. The molecule has 7 atom stereocenters. The van der Waals surface area contributed by atoms with E-state index in [1.54, 1.807) is 38.1 Å². The van der Waals surface area contributed by atoms with Crippen LogP contribution in [0, 0.1) is 5.92 Å². The Kier molecular flexibility index (Phi) is 23.1. The molecule has 3 aliphatic rings. The third-order valence-electron chi connectivity index (χ3n) is 14.0. The molecule has 29 heteroatoms. The standard InChI is InChI=1S/C53H70N14O13S2/c1-5-28(2)46-49(77)58-24-41(70)56-26-43(72)62-37(20-40(69)54-22-30-12-14-31(15-13-30)61-47(75)29(3)60-42(71)25-55-39(68)16-18-67-45(74)21-38(81)52(67)79)51(78)66-17-8-9-32(66)23-59-53(80)64-36(48(76)57-27-44(73)65-46)19-34-33-10-6-7-11-35(33)63-50(34)82-4/h6-7,10-15,28-29,32,36-38,46,63,81H,5,8-9,16-27H2,1-4H3,(H,54,69)(H,55,68)(H,56,70)(H,57,76)(H,58,77)(H,60,71)(H,61,75)(H,62,72)(H,65,73)(H2,59,64,80)/t28-,29-,32-,36-,37-,38?,46-/m0/s1. The van der Waals surface area contributed by atoms with Crippen LogP contribution in [0.15, 0.2) is 53.6 Å². The molecule has 3 aromatic rings. The minimum Gasteiger partial charge on any atom is -0.352 e. The number of para-hydroxylation sites is 1. The van der Waals surface area contributed by atoms with Gasteiger partial charge in [0, 0.05) is 68.1 Å². The number of rotatable bonds is 17. The van der Waals surface area contributed by atoms with E-state index in [1.165, 1.54) is 23.6 Å². The molecule has 1 aromatic heterocycles. The molecule has 1 unspecified atom stereocenters. The summed E-state index contributed by atoms with van der Waals surface area (Å²) in [7, 11) is 0. The van der Waals surface area contributed by atoms with E-state index < -0.39 is 151 Å². The van der Waals surface area contributed by atoms with Crippen LogP contribution in [0.2, 0.25) is 0 Å². The van der Waals surface area contributed by atoms with E-state index in [4.69, 9.17) is 0 Å². The average Bonchev–Trinajstić information content (AvgIpc) is 4.28. The van der Waals surface area contributed by atoms with Crippen LogP contribution >= 0.6 is 24.4 Å². The van der Waals surface area contributed by atoms with Crippen molar-refractivity contribution in [2.45, 2.75) is 113 Å². The molecule has 0 radical (unpaired) electrons. The van der Waals surface area contributed by atoms with Gasteiger partial charge in [0.05, 0.1) is 42.9 Å². The highest BCUT2D eigenvalue weighted by atomic mass is 32.2. The maximum absolute atomic E-state index is 14.4. The van der Waals surface area contributed by atoms with Crippen LogP contribution in [0.5, 0.6) is 0 Å². The van der Waals surface area contributed by atoms with Crippen LogP contribution in [0.25, 0.3) is 10.9 Å². The number of aromatic amines is 1. The number of amides is 14. The molecule has 0 spiro atoms. The van der Waals surface area contributed by atoms with Crippen molar-refractivity contribution >= 4 is 118 Å². The first kappa shape index (κ1) is 63.0. The third-order valence-corrected chi connectivity index (χ3v) is 15.2. The van der Waals surface area contributed by atoms with Gasteiger partial charge < -0.3 is 68.4 Å². The summed E-state index contributed by atoms with van der Waals surface area (Å²) in [6.07, 6.45) is 2.43. The minimum atomic E-state index is -1.45. The third kappa shape index (κ3) is 17.9. The quantitative estimate of drug-likeness (QED) is 0.0403. The zero-order valence-electron chi connectivity index (χ0n) is 45.8. The zero-order chi connectivity index (χ0) is 59.6. The number of nitrogens with one attached hydrogen (secondary N) is 12. The summed E-state index contributed by atoms with van der Waals surface area (Å²) in [5.41, 5.74) is 2.46. The maximum atomic E-state index is 14.4. The SMILES string of the molecule is CC[C@H](C)[C@@H]1NC(=O)CNC(=O)[C@H](Cc2c(SC)[nH]c3ccccc23)NC(=O)NC[C@@H]2CCCN2C(=O)[C@H](CC(=O)NCc2ccc(NC(=O)[C@H](C)NC(=O)CNC(=O)CCN3C(=O)CC(S)C3=O)cc2)NC(=O)CNC(=O)CNC1=O. The van der Waals surface area contributed by atoms with E-state index in [9.17, 15) is 62.3 Å². The molecule has 3 fully saturated rings. The summed E-state index contributed by atoms with van der Waals surface area (Å²) in [6, 6.07) is 7.57. The summed E-state index contributed by atoms with van der Waals surface area (Å²) in [4.78, 5) is 176. The molecule has 3 aliphatic heterocycles. The molecular formula is C53H70N14O13S2.